The molecule has 2 aromatic carbocycles. The second kappa shape index (κ2) is 9.07. The van der Waals surface area contributed by atoms with Crippen molar-refractivity contribution in [3.8, 4) is 0 Å². The third-order valence-electron chi connectivity index (χ3n) is 3.22. The van der Waals surface area contributed by atoms with Crippen LogP contribution < -0.4 is 21.3 Å². The summed E-state index contributed by atoms with van der Waals surface area (Å²) in [4.78, 5) is 35.3. The SMILES string of the molecule is CNC(=O)Nc1cccc(NC(=O)CNC(=O)c2ccc(Cl)c(Cl)c2)c1. The molecule has 0 aliphatic rings. The van der Waals surface area contributed by atoms with Crippen molar-refractivity contribution >= 4 is 52.4 Å². The van der Waals surface area contributed by atoms with Crippen molar-refractivity contribution in [1.82, 2.24) is 10.6 Å². The van der Waals surface area contributed by atoms with Gasteiger partial charge in [0.2, 0.25) is 5.91 Å². The number of hydrogen-bond acceptors (Lipinski definition) is 3. The summed E-state index contributed by atoms with van der Waals surface area (Å²) in [5.41, 5.74) is 1.29. The highest BCUT2D eigenvalue weighted by Crippen LogP contribution is 2.22. The Bertz CT molecular complexity index is 843. The Labute approximate surface area is 160 Å². The molecule has 9 heteroatoms. The fourth-order valence-electron chi connectivity index (χ4n) is 1.97. The summed E-state index contributed by atoms with van der Waals surface area (Å²) in [5.74, 6) is -0.871. The zero-order valence-electron chi connectivity index (χ0n) is 13.7. The number of urea groups is 1. The van der Waals surface area contributed by atoms with E-state index in [0.717, 1.165) is 0 Å². The molecule has 0 radical (unpaired) electrons. The van der Waals surface area contributed by atoms with Gasteiger partial charge in [-0.25, -0.2) is 4.79 Å². The molecular weight excluding hydrogens is 379 g/mol. The molecule has 0 atom stereocenters. The smallest absolute Gasteiger partial charge is 0.318 e. The van der Waals surface area contributed by atoms with E-state index in [2.05, 4.69) is 21.3 Å². The Balaban J connectivity index is 1.90. The van der Waals surface area contributed by atoms with E-state index >= 15 is 0 Å². The molecule has 2 aromatic rings. The van der Waals surface area contributed by atoms with Crippen LogP contribution in [0.5, 0.6) is 0 Å². The lowest BCUT2D eigenvalue weighted by Crippen LogP contribution is -2.32. The fraction of sp³-hybridized carbons (Fsp3) is 0.118. The lowest BCUT2D eigenvalue weighted by Gasteiger charge is -2.09. The van der Waals surface area contributed by atoms with Gasteiger partial charge in [0.1, 0.15) is 0 Å². The average Bonchev–Trinajstić information content (AvgIpc) is 2.62. The summed E-state index contributed by atoms with van der Waals surface area (Å²) >= 11 is 11.7. The van der Waals surface area contributed by atoms with Crippen molar-refractivity contribution in [3.63, 3.8) is 0 Å². The van der Waals surface area contributed by atoms with E-state index in [0.29, 0.717) is 22.0 Å². The largest absolute Gasteiger partial charge is 0.343 e. The Morgan fingerprint density at radius 1 is 0.923 bits per heavy atom. The van der Waals surface area contributed by atoms with E-state index in [1.54, 1.807) is 24.3 Å². The van der Waals surface area contributed by atoms with Crippen LogP contribution in [0, 0.1) is 0 Å². The van der Waals surface area contributed by atoms with Gasteiger partial charge in [0.15, 0.2) is 0 Å². The van der Waals surface area contributed by atoms with E-state index in [-0.39, 0.29) is 17.6 Å². The summed E-state index contributed by atoms with van der Waals surface area (Å²) in [6.45, 7) is -0.230. The van der Waals surface area contributed by atoms with E-state index in [1.165, 1.54) is 25.2 Å². The molecule has 0 saturated carbocycles. The average molecular weight is 395 g/mol. The Morgan fingerprint density at radius 3 is 2.27 bits per heavy atom. The number of hydrogen-bond donors (Lipinski definition) is 4. The summed E-state index contributed by atoms with van der Waals surface area (Å²) < 4.78 is 0. The maximum atomic E-state index is 12.0. The zero-order valence-corrected chi connectivity index (χ0v) is 15.2. The molecule has 4 amide bonds. The van der Waals surface area contributed by atoms with Crippen LogP contribution in [0.4, 0.5) is 16.2 Å². The van der Waals surface area contributed by atoms with Crippen LogP contribution in [0.25, 0.3) is 0 Å². The molecule has 0 heterocycles. The maximum Gasteiger partial charge on any atom is 0.318 e. The first-order valence-corrected chi connectivity index (χ1v) is 8.26. The van der Waals surface area contributed by atoms with Gasteiger partial charge < -0.3 is 21.3 Å². The van der Waals surface area contributed by atoms with Gasteiger partial charge in [-0.2, -0.15) is 0 Å². The van der Waals surface area contributed by atoms with Gasteiger partial charge in [-0.05, 0) is 36.4 Å². The molecule has 7 nitrogen and oxygen atoms in total. The van der Waals surface area contributed by atoms with Crippen LogP contribution in [0.2, 0.25) is 10.0 Å². The number of carbonyl (C=O) groups is 3. The predicted molar refractivity (Wildman–Crippen MR) is 102 cm³/mol. The monoisotopic (exact) mass is 394 g/mol. The minimum Gasteiger partial charge on any atom is -0.343 e. The zero-order chi connectivity index (χ0) is 19.1. The molecule has 26 heavy (non-hydrogen) atoms. The highest BCUT2D eigenvalue weighted by molar-refractivity contribution is 6.42. The Morgan fingerprint density at radius 2 is 1.62 bits per heavy atom. The van der Waals surface area contributed by atoms with Crippen molar-refractivity contribution in [2.24, 2.45) is 0 Å². The molecule has 2 rings (SSSR count). The van der Waals surface area contributed by atoms with Crippen molar-refractivity contribution in [2.45, 2.75) is 0 Å². The van der Waals surface area contributed by atoms with Crippen LogP contribution in [-0.4, -0.2) is 31.4 Å². The quantitative estimate of drug-likeness (QED) is 0.626. The van der Waals surface area contributed by atoms with Crippen molar-refractivity contribution < 1.29 is 14.4 Å². The normalized spacial score (nSPS) is 9.96. The predicted octanol–water partition coefficient (Wildman–Crippen LogP) is 3.11. The molecule has 4 N–H and O–H groups in total. The van der Waals surface area contributed by atoms with Crippen LogP contribution in [-0.2, 0) is 4.79 Å². The van der Waals surface area contributed by atoms with Gasteiger partial charge in [-0.1, -0.05) is 29.3 Å². The third kappa shape index (κ3) is 5.65. The molecule has 0 unspecified atom stereocenters. The van der Waals surface area contributed by atoms with E-state index in [4.69, 9.17) is 23.2 Å². The van der Waals surface area contributed by atoms with Crippen LogP contribution >= 0.6 is 23.2 Å². The molecule has 0 fully saturated rings. The number of benzene rings is 2. The second-order valence-electron chi connectivity index (χ2n) is 5.14. The number of anilines is 2. The van der Waals surface area contributed by atoms with Gasteiger partial charge in [0.05, 0.1) is 16.6 Å². The van der Waals surface area contributed by atoms with Crippen LogP contribution in [0.3, 0.4) is 0 Å². The van der Waals surface area contributed by atoms with Gasteiger partial charge >= 0.3 is 6.03 Å². The van der Waals surface area contributed by atoms with Crippen LogP contribution in [0.15, 0.2) is 42.5 Å². The van der Waals surface area contributed by atoms with Gasteiger partial charge in [0, 0.05) is 24.0 Å². The maximum absolute atomic E-state index is 12.0. The summed E-state index contributed by atoms with van der Waals surface area (Å²) in [6, 6.07) is 10.7. The highest BCUT2D eigenvalue weighted by atomic mass is 35.5. The standard InChI is InChI=1S/C17H16Cl2N4O3/c1-20-17(26)23-12-4-2-3-11(8-12)22-15(24)9-21-16(25)10-5-6-13(18)14(19)7-10/h2-8H,9H2,1H3,(H,21,25)(H,22,24)(H2,20,23,26). The lowest BCUT2D eigenvalue weighted by molar-refractivity contribution is -0.115. The number of rotatable bonds is 5. The minimum absolute atomic E-state index is 0.230. The molecular formula is C17H16Cl2N4O3. The van der Waals surface area contributed by atoms with E-state index in [1.807, 2.05) is 0 Å². The third-order valence-corrected chi connectivity index (χ3v) is 3.96. The van der Waals surface area contributed by atoms with Crippen LogP contribution in [0.1, 0.15) is 10.4 Å². The summed E-state index contributed by atoms with van der Waals surface area (Å²) in [5, 5.41) is 10.7. The Hall–Kier alpha value is -2.77. The van der Waals surface area contributed by atoms with Gasteiger partial charge in [0.25, 0.3) is 5.91 Å². The van der Waals surface area contributed by atoms with Gasteiger partial charge in [-0.15, -0.1) is 0 Å². The Kier molecular flexibility index (Phi) is 6.82. The summed E-state index contributed by atoms with van der Waals surface area (Å²) in [7, 11) is 1.50. The molecule has 0 bridgehead atoms. The topological polar surface area (TPSA) is 99.3 Å². The molecule has 0 aliphatic carbocycles. The minimum atomic E-state index is -0.450. The number of halogens is 2. The second-order valence-corrected chi connectivity index (χ2v) is 5.96. The number of nitrogens with one attached hydrogen (secondary N) is 4. The number of carbonyl (C=O) groups excluding carboxylic acids is 3. The van der Waals surface area contributed by atoms with E-state index in [9.17, 15) is 14.4 Å². The first kappa shape index (κ1) is 19.6. The first-order chi connectivity index (χ1) is 12.4. The molecule has 136 valence electrons. The van der Waals surface area contributed by atoms with Crippen molar-refractivity contribution in [3.05, 3.63) is 58.1 Å². The van der Waals surface area contributed by atoms with E-state index < -0.39 is 11.8 Å². The molecule has 0 saturated heterocycles. The molecule has 0 aromatic heterocycles. The van der Waals surface area contributed by atoms with Crippen molar-refractivity contribution in [2.75, 3.05) is 24.2 Å². The molecule has 0 spiro atoms. The summed E-state index contributed by atoms with van der Waals surface area (Å²) in [6.07, 6.45) is 0. The highest BCUT2D eigenvalue weighted by Gasteiger charge is 2.10. The molecule has 0 aliphatic heterocycles. The van der Waals surface area contributed by atoms with Crippen molar-refractivity contribution in [1.29, 1.82) is 0 Å². The first-order valence-electron chi connectivity index (χ1n) is 7.51. The van der Waals surface area contributed by atoms with Gasteiger partial charge in [-0.3, -0.25) is 9.59 Å². The number of amides is 4. The lowest BCUT2D eigenvalue weighted by atomic mass is 10.2. The fourth-order valence-corrected chi connectivity index (χ4v) is 2.27.